The summed E-state index contributed by atoms with van der Waals surface area (Å²) in [5, 5.41) is 5.11. The third kappa shape index (κ3) is 3.92. The van der Waals surface area contributed by atoms with E-state index >= 15 is 0 Å². The predicted molar refractivity (Wildman–Crippen MR) is 91.4 cm³/mol. The summed E-state index contributed by atoms with van der Waals surface area (Å²) in [5.41, 5.74) is 0. The topological polar surface area (TPSA) is 12.0 Å². The predicted octanol–water partition coefficient (Wildman–Crippen LogP) is 4.27. The van der Waals surface area contributed by atoms with Gasteiger partial charge in [0.1, 0.15) is 0 Å². The van der Waals surface area contributed by atoms with Crippen molar-refractivity contribution in [2.45, 2.75) is 36.3 Å². The van der Waals surface area contributed by atoms with Crippen LogP contribution >= 0.6 is 50.8 Å². The van der Waals surface area contributed by atoms with Gasteiger partial charge in [0, 0.05) is 32.9 Å². The smallest absolute Gasteiger partial charge is 0.0701 e. The van der Waals surface area contributed by atoms with Crippen molar-refractivity contribution >= 4 is 50.8 Å². The lowest BCUT2D eigenvalue weighted by atomic mass is 10.0. The summed E-state index contributed by atoms with van der Waals surface area (Å²) in [4.78, 5) is 1.48. The highest BCUT2D eigenvalue weighted by Gasteiger charge is 2.31. The van der Waals surface area contributed by atoms with Gasteiger partial charge in [0.25, 0.3) is 0 Å². The van der Waals surface area contributed by atoms with E-state index in [-0.39, 0.29) is 0 Å². The molecule has 102 valence electrons. The first-order valence-electron chi connectivity index (χ1n) is 6.39. The van der Waals surface area contributed by atoms with Crippen molar-refractivity contribution in [3.8, 4) is 0 Å². The minimum atomic E-state index is 0.596. The molecule has 3 unspecified atom stereocenters. The Kier molecular flexibility index (Phi) is 6.41. The van der Waals surface area contributed by atoms with Gasteiger partial charge in [0.15, 0.2) is 0 Å². The fourth-order valence-corrected chi connectivity index (χ4v) is 7.22. The van der Waals surface area contributed by atoms with Crippen molar-refractivity contribution < 1.29 is 0 Å². The number of hydrogen-bond acceptors (Lipinski definition) is 4. The Morgan fingerprint density at radius 1 is 1.39 bits per heavy atom. The zero-order valence-corrected chi connectivity index (χ0v) is 14.9. The first kappa shape index (κ1) is 15.2. The highest BCUT2D eigenvalue weighted by atomic mass is 79.9. The maximum atomic E-state index is 3.55. The third-order valence-corrected chi connectivity index (χ3v) is 8.36. The molecule has 1 fully saturated rings. The van der Waals surface area contributed by atoms with Crippen LogP contribution in [0.4, 0.5) is 0 Å². The van der Waals surface area contributed by atoms with E-state index in [1.807, 2.05) is 11.3 Å². The second kappa shape index (κ2) is 7.58. The van der Waals surface area contributed by atoms with E-state index in [4.69, 9.17) is 0 Å². The molecule has 0 bridgehead atoms. The molecule has 5 heteroatoms. The number of thioether (sulfide) groups is 2. The number of likely N-dealkylation sites (N-methyl/N-ethyl adjacent to an activating group) is 1. The van der Waals surface area contributed by atoms with Crippen LogP contribution in [0.2, 0.25) is 0 Å². The summed E-state index contributed by atoms with van der Waals surface area (Å²) in [6.07, 6.45) is 2.44. The fraction of sp³-hybridized carbons (Fsp3) is 0.692. The molecule has 3 atom stereocenters. The lowest BCUT2D eigenvalue weighted by Crippen LogP contribution is -2.44. The first-order chi connectivity index (χ1) is 8.74. The summed E-state index contributed by atoms with van der Waals surface area (Å²) in [7, 11) is 2.11. The zero-order valence-electron chi connectivity index (χ0n) is 10.8. The Morgan fingerprint density at radius 2 is 2.17 bits per heavy atom. The molecule has 1 aliphatic heterocycles. The summed E-state index contributed by atoms with van der Waals surface area (Å²) in [6.45, 7) is 2.32. The Bertz CT molecular complexity index is 369. The normalized spacial score (nSPS) is 26.2. The van der Waals surface area contributed by atoms with Crippen LogP contribution in [0, 0.1) is 0 Å². The molecular formula is C13H20BrNS3. The molecule has 2 heterocycles. The van der Waals surface area contributed by atoms with Gasteiger partial charge in [-0.1, -0.05) is 6.92 Å². The highest BCUT2D eigenvalue weighted by molar-refractivity contribution is 9.11. The van der Waals surface area contributed by atoms with Gasteiger partial charge < -0.3 is 5.32 Å². The van der Waals surface area contributed by atoms with Gasteiger partial charge in [0.2, 0.25) is 0 Å². The average Bonchev–Trinajstić information content (AvgIpc) is 2.81. The van der Waals surface area contributed by atoms with Crippen LogP contribution in [0.15, 0.2) is 15.9 Å². The van der Waals surface area contributed by atoms with Gasteiger partial charge in [-0.15, -0.1) is 11.3 Å². The summed E-state index contributed by atoms with van der Waals surface area (Å²) in [5.74, 6) is 2.62. The van der Waals surface area contributed by atoms with Gasteiger partial charge in [0.05, 0.1) is 3.79 Å². The molecule has 1 aromatic heterocycles. The Morgan fingerprint density at radius 3 is 2.78 bits per heavy atom. The lowest BCUT2D eigenvalue weighted by Gasteiger charge is -2.35. The molecule has 0 amide bonds. The molecule has 0 spiro atoms. The van der Waals surface area contributed by atoms with Crippen LogP contribution in [0.25, 0.3) is 0 Å². The molecule has 1 N–H and O–H groups in total. The molecule has 0 saturated carbocycles. The second-order valence-electron chi connectivity index (χ2n) is 4.46. The molecule has 1 nitrogen and oxygen atoms in total. The average molecular weight is 366 g/mol. The monoisotopic (exact) mass is 365 g/mol. The highest BCUT2D eigenvalue weighted by Crippen LogP contribution is 2.36. The fourth-order valence-electron chi connectivity index (χ4n) is 2.37. The summed E-state index contributed by atoms with van der Waals surface area (Å²) in [6, 6.07) is 5.01. The van der Waals surface area contributed by atoms with Crippen molar-refractivity contribution in [1.82, 2.24) is 5.32 Å². The van der Waals surface area contributed by atoms with Crippen LogP contribution in [-0.2, 0) is 6.42 Å². The van der Waals surface area contributed by atoms with E-state index in [1.165, 1.54) is 26.6 Å². The van der Waals surface area contributed by atoms with Gasteiger partial charge >= 0.3 is 0 Å². The van der Waals surface area contributed by atoms with Crippen LogP contribution in [0.5, 0.6) is 0 Å². The molecular weight excluding hydrogens is 346 g/mol. The van der Waals surface area contributed by atoms with Crippen molar-refractivity contribution in [3.05, 3.63) is 20.8 Å². The minimum Gasteiger partial charge on any atom is -0.315 e. The van der Waals surface area contributed by atoms with E-state index in [2.05, 4.69) is 70.9 Å². The number of halogens is 1. The standard InChI is InChI=1S/C13H20BrNS3/c1-3-11-13(17-7-6-16-11)10(15-2)8-9-4-5-12(14)18-9/h4-5,10-11,13,15H,3,6-8H2,1-2H3. The van der Waals surface area contributed by atoms with Crippen LogP contribution in [0.1, 0.15) is 18.2 Å². The largest absolute Gasteiger partial charge is 0.315 e. The molecule has 0 radical (unpaired) electrons. The Balaban J connectivity index is 2.02. The van der Waals surface area contributed by atoms with Crippen molar-refractivity contribution in [2.75, 3.05) is 18.6 Å². The van der Waals surface area contributed by atoms with Gasteiger partial charge in [-0.3, -0.25) is 0 Å². The lowest BCUT2D eigenvalue weighted by molar-refractivity contribution is 0.520. The third-order valence-electron chi connectivity index (χ3n) is 3.31. The van der Waals surface area contributed by atoms with E-state index in [1.54, 1.807) is 0 Å². The summed E-state index contributed by atoms with van der Waals surface area (Å²) < 4.78 is 1.24. The number of thiophene rings is 1. The Hall–Kier alpha value is 0.840. The number of hydrogen-bond donors (Lipinski definition) is 1. The van der Waals surface area contributed by atoms with Crippen molar-refractivity contribution in [2.24, 2.45) is 0 Å². The van der Waals surface area contributed by atoms with Crippen LogP contribution in [0.3, 0.4) is 0 Å². The van der Waals surface area contributed by atoms with Gasteiger partial charge in [-0.2, -0.15) is 23.5 Å². The van der Waals surface area contributed by atoms with Gasteiger partial charge in [-0.05, 0) is 48.0 Å². The Labute approximate surface area is 131 Å². The maximum absolute atomic E-state index is 3.55. The van der Waals surface area contributed by atoms with Crippen molar-refractivity contribution in [1.29, 1.82) is 0 Å². The molecule has 0 aliphatic carbocycles. The summed E-state index contributed by atoms with van der Waals surface area (Å²) >= 11 is 9.75. The van der Waals surface area contributed by atoms with Crippen LogP contribution in [-0.4, -0.2) is 35.1 Å². The van der Waals surface area contributed by atoms with E-state index in [9.17, 15) is 0 Å². The van der Waals surface area contributed by atoms with Crippen molar-refractivity contribution in [3.63, 3.8) is 0 Å². The molecule has 1 aromatic rings. The van der Waals surface area contributed by atoms with E-state index < -0.39 is 0 Å². The minimum absolute atomic E-state index is 0.596. The number of rotatable bonds is 5. The SMILES string of the molecule is CCC1SCCSC1C(Cc1ccc(Br)s1)NC. The zero-order chi connectivity index (χ0) is 13.0. The molecule has 2 rings (SSSR count). The molecule has 1 saturated heterocycles. The van der Waals surface area contributed by atoms with E-state index in [0.29, 0.717) is 6.04 Å². The molecule has 0 aromatic carbocycles. The molecule has 1 aliphatic rings. The first-order valence-corrected chi connectivity index (χ1v) is 10.1. The van der Waals surface area contributed by atoms with Crippen LogP contribution < -0.4 is 5.32 Å². The van der Waals surface area contributed by atoms with Gasteiger partial charge in [-0.25, -0.2) is 0 Å². The molecule has 18 heavy (non-hydrogen) atoms. The van der Waals surface area contributed by atoms with E-state index in [0.717, 1.165) is 16.9 Å². The maximum Gasteiger partial charge on any atom is 0.0701 e. The number of nitrogens with one attached hydrogen (secondary N) is 1. The quantitative estimate of drug-likeness (QED) is 0.836. The second-order valence-corrected chi connectivity index (χ2v) is 9.64.